The third-order valence-electron chi connectivity index (χ3n) is 3.77. The van der Waals surface area contributed by atoms with Crippen LogP contribution in [0.5, 0.6) is 5.75 Å². The maximum atomic E-state index is 11.9. The third-order valence-corrected chi connectivity index (χ3v) is 3.77. The number of nitriles is 1. The number of carboxylic acid groups (broad SMARTS) is 1. The molecule has 0 bridgehead atoms. The number of hydrogen-bond acceptors (Lipinski definition) is 4. The summed E-state index contributed by atoms with van der Waals surface area (Å²) in [4.78, 5) is 22.7. The number of carbonyl (C=O) groups excluding carboxylic acids is 1. The van der Waals surface area contributed by atoms with E-state index < -0.39 is 11.5 Å². The Kier molecular flexibility index (Phi) is 4.99. The maximum Gasteiger partial charge on any atom is 0.335 e. The molecule has 0 heterocycles. The fraction of sp³-hybridized carbons (Fsp3) is 0.438. The Morgan fingerprint density at radius 2 is 1.86 bits per heavy atom. The Balaban J connectivity index is 1.87. The number of nitrogens with one attached hydrogen (secondary N) is 1. The van der Waals surface area contributed by atoms with Crippen LogP contribution in [0.25, 0.3) is 0 Å². The Hall–Kier alpha value is -2.55. The van der Waals surface area contributed by atoms with Crippen molar-refractivity contribution < 1.29 is 19.4 Å². The standard InChI is InChI=1S/C16H18N2O4/c17-11-16(8-2-1-3-9-16)18-14(19)10-22-13-6-4-12(5-7-13)15(20)21/h4-7H,1-3,8-10H2,(H,18,19)(H,20,21). The molecule has 6 heteroatoms. The second kappa shape index (κ2) is 6.94. The number of nitrogens with zero attached hydrogens (tertiary/aromatic N) is 1. The number of rotatable bonds is 5. The number of aromatic carboxylic acids is 1. The van der Waals surface area contributed by atoms with Crippen molar-refractivity contribution in [3.05, 3.63) is 29.8 Å². The van der Waals surface area contributed by atoms with Crippen LogP contribution in [0.15, 0.2) is 24.3 Å². The molecule has 2 rings (SSSR count). The molecule has 2 N–H and O–H groups in total. The average Bonchev–Trinajstić information content (AvgIpc) is 2.54. The van der Waals surface area contributed by atoms with Gasteiger partial charge in [-0.05, 0) is 37.1 Å². The highest BCUT2D eigenvalue weighted by atomic mass is 16.5. The van der Waals surface area contributed by atoms with Gasteiger partial charge in [0, 0.05) is 0 Å². The molecule has 0 aromatic heterocycles. The van der Waals surface area contributed by atoms with Crippen LogP contribution in [-0.4, -0.2) is 29.1 Å². The van der Waals surface area contributed by atoms with Crippen LogP contribution in [-0.2, 0) is 4.79 Å². The van der Waals surface area contributed by atoms with E-state index in [1.54, 1.807) is 0 Å². The van der Waals surface area contributed by atoms with Crippen LogP contribution in [0.3, 0.4) is 0 Å². The van der Waals surface area contributed by atoms with Crippen molar-refractivity contribution >= 4 is 11.9 Å². The van der Waals surface area contributed by atoms with Gasteiger partial charge in [-0.25, -0.2) is 4.79 Å². The second-order valence-electron chi connectivity index (χ2n) is 5.42. The highest BCUT2D eigenvalue weighted by Crippen LogP contribution is 2.27. The molecule has 1 aliphatic carbocycles. The quantitative estimate of drug-likeness (QED) is 0.867. The zero-order valence-electron chi connectivity index (χ0n) is 12.2. The second-order valence-corrected chi connectivity index (χ2v) is 5.42. The van der Waals surface area contributed by atoms with Gasteiger partial charge >= 0.3 is 5.97 Å². The van der Waals surface area contributed by atoms with Gasteiger partial charge in [0.15, 0.2) is 6.61 Å². The Morgan fingerprint density at radius 3 is 2.41 bits per heavy atom. The van der Waals surface area contributed by atoms with E-state index in [1.165, 1.54) is 24.3 Å². The fourth-order valence-corrected chi connectivity index (χ4v) is 2.57. The summed E-state index contributed by atoms with van der Waals surface area (Å²) in [5.74, 6) is -0.946. The number of benzene rings is 1. The van der Waals surface area contributed by atoms with E-state index in [0.29, 0.717) is 18.6 Å². The molecular weight excluding hydrogens is 284 g/mol. The smallest absolute Gasteiger partial charge is 0.335 e. The summed E-state index contributed by atoms with van der Waals surface area (Å²) in [7, 11) is 0. The first kappa shape index (κ1) is 15.8. The molecule has 0 saturated heterocycles. The van der Waals surface area contributed by atoms with Gasteiger partial charge in [-0.1, -0.05) is 19.3 Å². The van der Waals surface area contributed by atoms with Gasteiger partial charge in [0.2, 0.25) is 0 Å². The number of hydrogen-bond donors (Lipinski definition) is 2. The first-order chi connectivity index (χ1) is 10.5. The molecule has 1 saturated carbocycles. The first-order valence-corrected chi connectivity index (χ1v) is 7.23. The first-order valence-electron chi connectivity index (χ1n) is 7.23. The summed E-state index contributed by atoms with van der Waals surface area (Å²) in [6.07, 6.45) is 4.30. The molecule has 1 aromatic rings. The van der Waals surface area contributed by atoms with Crippen molar-refractivity contribution in [3.8, 4) is 11.8 Å². The van der Waals surface area contributed by atoms with E-state index in [2.05, 4.69) is 11.4 Å². The monoisotopic (exact) mass is 302 g/mol. The molecule has 0 atom stereocenters. The minimum absolute atomic E-state index is 0.155. The zero-order valence-corrected chi connectivity index (χ0v) is 12.2. The van der Waals surface area contributed by atoms with Gasteiger partial charge in [0.05, 0.1) is 11.6 Å². The van der Waals surface area contributed by atoms with E-state index in [4.69, 9.17) is 9.84 Å². The number of amides is 1. The Bertz CT molecular complexity index is 583. The molecule has 0 spiro atoms. The predicted octanol–water partition coefficient (Wildman–Crippen LogP) is 2.11. The minimum atomic E-state index is -1.02. The SMILES string of the molecule is N#CC1(NC(=O)COc2ccc(C(=O)O)cc2)CCCCC1. The van der Waals surface area contributed by atoms with Crippen LogP contribution < -0.4 is 10.1 Å². The summed E-state index contributed by atoms with van der Waals surface area (Å²) in [5.41, 5.74) is -0.617. The third kappa shape index (κ3) is 3.98. The Labute approximate surface area is 128 Å². The van der Waals surface area contributed by atoms with E-state index in [1.807, 2.05) is 0 Å². The number of carboxylic acids is 1. The van der Waals surface area contributed by atoms with Crippen LogP contribution >= 0.6 is 0 Å². The van der Waals surface area contributed by atoms with Gasteiger partial charge in [-0.3, -0.25) is 4.79 Å². The highest BCUT2D eigenvalue weighted by Gasteiger charge is 2.33. The normalized spacial score (nSPS) is 16.3. The summed E-state index contributed by atoms with van der Waals surface area (Å²) in [6, 6.07) is 8.03. The van der Waals surface area contributed by atoms with Gasteiger partial charge < -0.3 is 15.2 Å². The molecule has 1 aromatic carbocycles. The van der Waals surface area contributed by atoms with Crippen molar-refractivity contribution in [1.29, 1.82) is 5.26 Å². The number of ether oxygens (including phenoxy) is 1. The van der Waals surface area contributed by atoms with Crippen LogP contribution in [0.1, 0.15) is 42.5 Å². The molecule has 1 amide bonds. The van der Waals surface area contributed by atoms with Gasteiger partial charge in [0.25, 0.3) is 5.91 Å². The summed E-state index contributed by atoms with van der Waals surface area (Å²) in [6.45, 7) is -0.199. The van der Waals surface area contributed by atoms with Gasteiger partial charge in [-0.2, -0.15) is 5.26 Å². The number of carbonyl (C=O) groups is 2. The van der Waals surface area contributed by atoms with E-state index >= 15 is 0 Å². The summed E-state index contributed by atoms with van der Waals surface area (Å²) >= 11 is 0. The lowest BCUT2D eigenvalue weighted by molar-refractivity contribution is -0.124. The van der Waals surface area contributed by atoms with Crippen LogP contribution in [0.2, 0.25) is 0 Å². The van der Waals surface area contributed by atoms with Crippen molar-refractivity contribution in [2.75, 3.05) is 6.61 Å². The summed E-state index contributed by atoms with van der Waals surface area (Å²) in [5, 5.41) is 20.9. The molecule has 22 heavy (non-hydrogen) atoms. The van der Waals surface area contributed by atoms with Crippen molar-refractivity contribution in [3.63, 3.8) is 0 Å². The fourth-order valence-electron chi connectivity index (χ4n) is 2.57. The van der Waals surface area contributed by atoms with Gasteiger partial charge in [0.1, 0.15) is 11.3 Å². The topological polar surface area (TPSA) is 99.4 Å². The molecule has 0 radical (unpaired) electrons. The molecule has 0 unspecified atom stereocenters. The summed E-state index contributed by atoms with van der Waals surface area (Å²) < 4.78 is 5.32. The lowest BCUT2D eigenvalue weighted by Gasteiger charge is -2.31. The van der Waals surface area contributed by atoms with E-state index in [-0.39, 0.29) is 18.1 Å². The molecule has 1 aliphatic rings. The average molecular weight is 302 g/mol. The van der Waals surface area contributed by atoms with Gasteiger partial charge in [-0.15, -0.1) is 0 Å². The highest BCUT2D eigenvalue weighted by molar-refractivity contribution is 5.87. The molecule has 116 valence electrons. The molecule has 1 fully saturated rings. The van der Waals surface area contributed by atoms with E-state index in [0.717, 1.165) is 19.3 Å². The maximum absolute atomic E-state index is 11.9. The van der Waals surface area contributed by atoms with Crippen LogP contribution in [0.4, 0.5) is 0 Å². The lowest BCUT2D eigenvalue weighted by atomic mass is 9.83. The largest absolute Gasteiger partial charge is 0.484 e. The minimum Gasteiger partial charge on any atom is -0.484 e. The Morgan fingerprint density at radius 1 is 1.23 bits per heavy atom. The predicted molar refractivity (Wildman–Crippen MR) is 78.5 cm³/mol. The van der Waals surface area contributed by atoms with Crippen LogP contribution in [0, 0.1) is 11.3 Å². The van der Waals surface area contributed by atoms with Crippen molar-refractivity contribution in [1.82, 2.24) is 5.32 Å². The lowest BCUT2D eigenvalue weighted by Crippen LogP contribution is -2.50. The molecular formula is C16H18N2O4. The van der Waals surface area contributed by atoms with Crippen molar-refractivity contribution in [2.45, 2.75) is 37.6 Å². The molecule has 0 aliphatic heterocycles. The van der Waals surface area contributed by atoms with Crippen molar-refractivity contribution in [2.24, 2.45) is 0 Å². The molecule has 6 nitrogen and oxygen atoms in total. The van der Waals surface area contributed by atoms with E-state index in [9.17, 15) is 14.9 Å². The zero-order chi connectivity index (χ0) is 16.0.